The van der Waals surface area contributed by atoms with Gasteiger partial charge in [0.15, 0.2) is 0 Å². The SMILES string of the molecule is CC(=O)C(Br)c1ccc(C(=O)O)cc1CC(=O)O. The summed E-state index contributed by atoms with van der Waals surface area (Å²) in [6.07, 6.45) is -0.328. The van der Waals surface area contributed by atoms with Crippen molar-refractivity contribution in [3.05, 3.63) is 34.9 Å². The molecule has 0 fully saturated rings. The van der Waals surface area contributed by atoms with Gasteiger partial charge in [0.05, 0.1) is 16.8 Å². The van der Waals surface area contributed by atoms with Gasteiger partial charge in [-0.2, -0.15) is 0 Å². The van der Waals surface area contributed by atoms with Crippen molar-refractivity contribution in [2.45, 2.75) is 18.2 Å². The summed E-state index contributed by atoms with van der Waals surface area (Å²) in [5, 5.41) is 17.6. The highest BCUT2D eigenvalue weighted by Gasteiger charge is 2.19. The minimum atomic E-state index is -1.14. The first kappa shape index (κ1) is 14.4. The molecule has 0 aliphatic heterocycles. The van der Waals surface area contributed by atoms with E-state index in [-0.39, 0.29) is 17.8 Å². The van der Waals surface area contributed by atoms with Crippen LogP contribution in [0.4, 0.5) is 0 Å². The molecule has 0 aromatic heterocycles. The molecule has 5 nitrogen and oxygen atoms in total. The number of Topliss-reactive ketones (excluding diaryl/α,β-unsaturated/α-hetero) is 1. The van der Waals surface area contributed by atoms with Crippen molar-refractivity contribution in [2.75, 3.05) is 0 Å². The molecule has 1 aromatic rings. The second-order valence-electron chi connectivity index (χ2n) is 3.76. The second-order valence-corrected chi connectivity index (χ2v) is 4.68. The fourth-order valence-corrected chi connectivity index (χ4v) is 1.97. The average molecular weight is 315 g/mol. The van der Waals surface area contributed by atoms with E-state index in [1.807, 2.05) is 0 Å². The molecule has 1 unspecified atom stereocenters. The Morgan fingerprint density at radius 2 is 1.89 bits per heavy atom. The van der Waals surface area contributed by atoms with Gasteiger partial charge in [-0.1, -0.05) is 22.0 Å². The number of carboxylic acid groups (broad SMARTS) is 2. The Labute approximate surface area is 112 Å². The smallest absolute Gasteiger partial charge is 0.335 e. The van der Waals surface area contributed by atoms with E-state index >= 15 is 0 Å². The van der Waals surface area contributed by atoms with Gasteiger partial charge in [-0.15, -0.1) is 0 Å². The summed E-state index contributed by atoms with van der Waals surface area (Å²) < 4.78 is 0. The summed E-state index contributed by atoms with van der Waals surface area (Å²) in [5.41, 5.74) is 0.799. The van der Waals surface area contributed by atoms with Gasteiger partial charge in [-0.25, -0.2) is 4.79 Å². The third-order valence-electron chi connectivity index (χ3n) is 2.36. The molecule has 0 aliphatic rings. The number of rotatable bonds is 5. The summed E-state index contributed by atoms with van der Waals surface area (Å²) in [5.74, 6) is -2.39. The number of ketones is 1. The van der Waals surface area contributed by atoms with Gasteiger partial charge in [-0.05, 0) is 30.2 Å². The molecule has 1 atom stereocenters. The van der Waals surface area contributed by atoms with Crippen LogP contribution in [0.25, 0.3) is 0 Å². The molecule has 0 saturated heterocycles. The maximum Gasteiger partial charge on any atom is 0.335 e. The molecule has 96 valence electrons. The largest absolute Gasteiger partial charge is 0.481 e. The van der Waals surface area contributed by atoms with E-state index in [0.717, 1.165) is 0 Å². The molecular weight excluding hydrogens is 304 g/mol. The fourth-order valence-electron chi connectivity index (χ4n) is 1.52. The number of aliphatic carboxylic acids is 1. The Morgan fingerprint density at radius 1 is 1.28 bits per heavy atom. The van der Waals surface area contributed by atoms with Crippen LogP contribution in [0.2, 0.25) is 0 Å². The maximum atomic E-state index is 11.3. The van der Waals surface area contributed by atoms with Crippen molar-refractivity contribution in [3.8, 4) is 0 Å². The van der Waals surface area contributed by atoms with Gasteiger partial charge < -0.3 is 10.2 Å². The lowest BCUT2D eigenvalue weighted by Gasteiger charge is -2.12. The fraction of sp³-hybridized carbons (Fsp3) is 0.250. The highest BCUT2D eigenvalue weighted by molar-refractivity contribution is 9.09. The van der Waals surface area contributed by atoms with Gasteiger partial charge in [0, 0.05) is 0 Å². The van der Waals surface area contributed by atoms with Crippen LogP contribution in [0.15, 0.2) is 18.2 Å². The summed E-state index contributed by atoms with van der Waals surface area (Å²) in [4.78, 5) is 32.2. The van der Waals surface area contributed by atoms with Gasteiger partial charge in [0.2, 0.25) is 0 Å². The summed E-state index contributed by atoms with van der Waals surface area (Å²) in [6.45, 7) is 1.37. The maximum absolute atomic E-state index is 11.3. The van der Waals surface area contributed by atoms with E-state index in [0.29, 0.717) is 11.1 Å². The first-order valence-corrected chi connectivity index (χ1v) is 5.97. The molecule has 0 radical (unpaired) electrons. The molecular formula is C12H11BrO5. The quantitative estimate of drug-likeness (QED) is 0.811. The predicted octanol–water partition coefficient (Wildman–Crippen LogP) is 2.04. The Hall–Kier alpha value is -1.69. The highest BCUT2D eigenvalue weighted by Crippen LogP contribution is 2.28. The Kier molecular flexibility index (Phi) is 4.61. The van der Waals surface area contributed by atoms with Crippen LogP contribution in [-0.2, 0) is 16.0 Å². The van der Waals surface area contributed by atoms with E-state index in [4.69, 9.17) is 10.2 Å². The molecule has 18 heavy (non-hydrogen) atoms. The minimum Gasteiger partial charge on any atom is -0.481 e. The summed E-state index contributed by atoms with van der Waals surface area (Å²) >= 11 is 3.16. The normalized spacial score (nSPS) is 11.9. The van der Waals surface area contributed by atoms with E-state index in [1.165, 1.54) is 25.1 Å². The van der Waals surface area contributed by atoms with E-state index < -0.39 is 16.8 Å². The average Bonchev–Trinajstić information content (AvgIpc) is 2.26. The third-order valence-corrected chi connectivity index (χ3v) is 3.50. The lowest BCUT2D eigenvalue weighted by atomic mass is 9.97. The Bertz CT molecular complexity index is 509. The van der Waals surface area contributed by atoms with E-state index in [2.05, 4.69) is 15.9 Å². The van der Waals surface area contributed by atoms with E-state index in [9.17, 15) is 14.4 Å². The van der Waals surface area contributed by atoms with Gasteiger partial charge in [0.1, 0.15) is 5.78 Å². The van der Waals surface area contributed by atoms with Crippen LogP contribution in [0.1, 0.15) is 33.2 Å². The minimum absolute atomic E-state index is 0.00162. The summed E-state index contributed by atoms with van der Waals surface area (Å²) in [6, 6.07) is 4.09. The lowest BCUT2D eigenvalue weighted by Crippen LogP contribution is -2.10. The zero-order valence-corrected chi connectivity index (χ0v) is 11.1. The van der Waals surface area contributed by atoms with E-state index in [1.54, 1.807) is 0 Å². The third kappa shape index (κ3) is 3.40. The Morgan fingerprint density at radius 3 is 2.33 bits per heavy atom. The first-order valence-electron chi connectivity index (χ1n) is 5.05. The van der Waals surface area contributed by atoms with Crippen molar-refractivity contribution in [1.29, 1.82) is 0 Å². The van der Waals surface area contributed by atoms with Crippen molar-refractivity contribution < 1.29 is 24.6 Å². The summed E-state index contributed by atoms with van der Waals surface area (Å²) in [7, 11) is 0. The lowest BCUT2D eigenvalue weighted by molar-refractivity contribution is -0.136. The van der Waals surface area contributed by atoms with Gasteiger partial charge in [-0.3, -0.25) is 9.59 Å². The molecule has 0 heterocycles. The number of halogens is 1. The molecule has 0 spiro atoms. The van der Waals surface area contributed by atoms with Crippen molar-refractivity contribution in [3.63, 3.8) is 0 Å². The van der Waals surface area contributed by atoms with Crippen LogP contribution in [0.5, 0.6) is 0 Å². The number of carbonyl (C=O) groups excluding carboxylic acids is 1. The van der Waals surface area contributed by atoms with Crippen LogP contribution in [0.3, 0.4) is 0 Å². The van der Waals surface area contributed by atoms with Crippen molar-refractivity contribution in [2.24, 2.45) is 0 Å². The van der Waals surface area contributed by atoms with Crippen molar-refractivity contribution >= 4 is 33.7 Å². The number of benzene rings is 1. The van der Waals surface area contributed by atoms with Gasteiger partial charge >= 0.3 is 11.9 Å². The Balaban J connectivity index is 3.28. The van der Waals surface area contributed by atoms with Crippen LogP contribution in [0, 0.1) is 0 Å². The molecule has 2 N–H and O–H groups in total. The van der Waals surface area contributed by atoms with Crippen LogP contribution in [-0.4, -0.2) is 27.9 Å². The predicted molar refractivity (Wildman–Crippen MR) is 67.1 cm³/mol. The molecule has 0 saturated carbocycles. The van der Waals surface area contributed by atoms with Gasteiger partial charge in [0.25, 0.3) is 0 Å². The van der Waals surface area contributed by atoms with Crippen LogP contribution >= 0.6 is 15.9 Å². The van der Waals surface area contributed by atoms with Crippen LogP contribution < -0.4 is 0 Å². The zero-order valence-electron chi connectivity index (χ0n) is 9.51. The molecule has 0 aliphatic carbocycles. The monoisotopic (exact) mass is 314 g/mol. The number of hydrogen-bond acceptors (Lipinski definition) is 3. The first-order chi connectivity index (χ1) is 8.32. The molecule has 0 amide bonds. The highest BCUT2D eigenvalue weighted by atomic mass is 79.9. The number of alkyl halides is 1. The topological polar surface area (TPSA) is 91.7 Å². The zero-order chi connectivity index (χ0) is 13.9. The standard InChI is InChI=1S/C12H11BrO5/c1-6(14)11(13)9-3-2-7(12(17)18)4-8(9)5-10(15)16/h2-4,11H,5H2,1H3,(H,15,16)(H,17,18). The second kappa shape index (κ2) is 5.77. The molecule has 0 bridgehead atoms. The molecule has 6 heteroatoms. The number of aromatic carboxylic acids is 1. The number of carboxylic acids is 2. The number of carbonyl (C=O) groups is 3. The molecule has 1 aromatic carbocycles. The van der Waals surface area contributed by atoms with Crippen molar-refractivity contribution in [1.82, 2.24) is 0 Å². The number of hydrogen-bond donors (Lipinski definition) is 2. The molecule has 1 rings (SSSR count).